The summed E-state index contributed by atoms with van der Waals surface area (Å²) >= 11 is 0. The Morgan fingerprint density at radius 1 is 1.03 bits per heavy atom. The maximum absolute atomic E-state index is 12.8. The highest BCUT2D eigenvalue weighted by Gasteiger charge is 2.28. The zero-order chi connectivity index (χ0) is 22.7. The number of hydrogen-bond acceptors (Lipinski definition) is 5. The van der Waals surface area contributed by atoms with Crippen molar-refractivity contribution in [3.8, 4) is 0 Å². The molecule has 0 spiro atoms. The Hall–Kier alpha value is -4.00. The lowest BCUT2D eigenvalue weighted by atomic mass is 9.81. The Morgan fingerprint density at radius 3 is 2.44 bits per heavy atom. The molecule has 1 amide bonds. The van der Waals surface area contributed by atoms with E-state index in [0.29, 0.717) is 35.3 Å². The van der Waals surface area contributed by atoms with Crippen molar-refractivity contribution in [1.82, 2.24) is 4.98 Å². The Morgan fingerprint density at radius 2 is 1.75 bits per heavy atom. The molecule has 2 aromatic carbocycles. The fourth-order valence-electron chi connectivity index (χ4n) is 3.86. The van der Waals surface area contributed by atoms with E-state index < -0.39 is 17.4 Å². The third-order valence-electron chi connectivity index (χ3n) is 5.48. The van der Waals surface area contributed by atoms with Gasteiger partial charge < -0.3 is 15.0 Å². The van der Waals surface area contributed by atoms with Gasteiger partial charge in [0.1, 0.15) is 5.56 Å². The summed E-state index contributed by atoms with van der Waals surface area (Å²) in [6.07, 6.45) is 0.844. The minimum absolute atomic E-state index is 0.00978. The first-order chi connectivity index (χ1) is 15.5. The number of aromatic nitrogens is 1. The van der Waals surface area contributed by atoms with Gasteiger partial charge in [-0.1, -0.05) is 30.3 Å². The lowest BCUT2D eigenvalue weighted by Crippen LogP contribution is -2.29. The van der Waals surface area contributed by atoms with E-state index in [1.807, 2.05) is 30.3 Å². The molecular formula is C25H22N2O5. The third kappa shape index (κ3) is 4.37. The second kappa shape index (κ2) is 9.01. The summed E-state index contributed by atoms with van der Waals surface area (Å²) in [7, 11) is 0. The number of H-pyrrole nitrogens is 1. The van der Waals surface area contributed by atoms with Gasteiger partial charge in [0.2, 0.25) is 0 Å². The summed E-state index contributed by atoms with van der Waals surface area (Å²) in [6, 6.07) is 17.2. The van der Waals surface area contributed by atoms with Gasteiger partial charge in [0.15, 0.2) is 5.78 Å². The average Bonchev–Trinajstić information content (AvgIpc) is 2.79. The van der Waals surface area contributed by atoms with Crippen molar-refractivity contribution in [3.63, 3.8) is 0 Å². The molecule has 1 atom stereocenters. The smallest absolute Gasteiger partial charge is 0.338 e. The number of anilines is 1. The first kappa shape index (κ1) is 21.2. The predicted octanol–water partition coefficient (Wildman–Crippen LogP) is 3.72. The number of rotatable bonds is 5. The number of nitrogens with one attached hydrogen (secondary N) is 2. The van der Waals surface area contributed by atoms with Crippen molar-refractivity contribution in [1.29, 1.82) is 0 Å². The van der Waals surface area contributed by atoms with E-state index in [1.165, 1.54) is 18.2 Å². The summed E-state index contributed by atoms with van der Waals surface area (Å²) < 4.78 is 4.93. The van der Waals surface area contributed by atoms with Crippen LogP contribution < -0.4 is 10.9 Å². The zero-order valence-corrected chi connectivity index (χ0v) is 17.5. The van der Waals surface area contributed by atoms with Gasteiger partial charge in [-0.25, -0.2) is 4.79 Å². The van der Waals surface area contributed by atoms with E-state index >= 15 is 0 Å². The second-order valence-corrected chi connectivity index (χ2v) is 7.60. The molecule has 1 aliphatic rings. The van der Waals surface area contributed by atoms with Gasteiger partial charge in [-0.05, 0) is 55.2 Å². The molecule has 162 valence electrons. The summed E-state index contributed by atoms with van der Waals surface area (Å²) in [5, 5.41) is 2.63. The van der Waals surface area contributed by atoms with Crippen LogP contribution in [-0.4, -0.2) is 29.3 Å². The van der Waals surface area contributed by atoms with E-state index in [1.54, 1.807) is 19.1 Å². The van der Waals surface area contributed by atoms with E-state index in [2.05, 4.69) is 10.3 Å². The zero-order valence-electron chi connectivity index (χ0n) is 17.5. The quantitative estimate of drug-likeness (QED) is 0.600. The standard InChI is InChI=1S/C25H22N2O5/c1-2-32-25(31)16-8-10-18(11-9-16)26-23(29)20-14-19-21(27-24(20)30)12-17(13-22(19)28)15-6-4-3-5-7-15/h3-11,14,17H,2,12-13H2,1H3,(H,26,29)(H,27,30)/t17-/m0/s1. The van der Waals surface area contributed by atoms with Gasteiger partial charge >= 0.3 is 5.97 Å². The van der Waals surface area contributed by atoms with E-state index in [0.717, 1.165) is 5.56 Å². The van der Waals surface area contributed by atoms with Crippen molar-refractivity contribution < 1.29 is 19.1 Å². The van der Waals surface area contributed by atoms with Gasteiger partial charge in [-0.2, -0.15) is 0 Å². The molecule has 0 unspecified atom stereocenters. The monoisotopic (exact) mass is 430 g/mol. The number of pyridine rings is 1. The summed E-state index contributed by atoms with van der Waals surface area (Å²) in [5.41, 5.74) is 2.05. The SMILES string of the molecule is CCOC(=O)c1ccc(NC(=O)c2cc3c([nH]c2=O)C[C@H](c2ccccc2)CC3=O)cc1. The molecule has 0 radical (unpaired) electrons. The average molecular weight is 430 g/mol. The first-order valence-electron chi connectivity index (χ1n) is 10.4. The molecule has 7 heteroatoms. The minimum Gasteiger partial charge on any atom is -0.462 e. The Bertz CT molecular complexity index is 1230. The molecule has 7 nitrogen and oxygen atoms in total. The van der Waals surface area contributed by atoms with Gasteiger partial charge in [-0.15, -0.1) is 0 Å². The van der Waals surface area contributed by atoms with Crippen molar-refractivity contribution in [2.75, 3.05) is 11.9 Å². The highest BCUT2D eigenvalue weighted by molar-refractivity contribution is 6.07. The van der Waals surface area contributed by atoms with Crippen LogP contribution in [-0.2, 0) is 11.2 Å². The van der Waals surface area contributed by atoms with Crippen molar-refractivity contribution in [2.24, 2.45) is 0 Å². The summed E-state index contributed by atoms with van der Waals surface area (Å²) in [6.45, 7) is 1.98. The predicted molar refractivity (Wildman–Crippen MR) is 119 cm³/mol. The number of hydrogen-bond donors (Lipinski definition) is 2. The number of fused-ring (bicyclic) bond motifs is 1. The molecule has 0 bridgehead atoms. The van der Waals surface area contributed by atoms with Crippen LogP contribution in [0, 0.1) is 0 Å². The van der Waals surface area contributed by atoms with E-state index in [-0.39, 0.29) is 23.9 Å². The number of aromatic amines is 1. The number of carbonyl (C=O) groups excluding carboxylic acids is 3. The topological polar surface area (TPSA) is 105 Å². The van der Waals surface area contributed by atoms with Crippen LogP contribution in [0.15, 0.2) is 65.5 Å². The molecule has 1 aliphatic carbocycles. The summed E-state index contributed by atoms with van der Waals surface area (Å²) in [4.78, 5) is 52.5. The molecule has 1 aromatic heterocycles. The normalized spacial score (nSPS) is 15.0. The lowest BCUT2D eigenvalue weighted by molar-refractivity contribution is 0.0526. The van der Waals surface area contributed by atoms with E-state index in [4.69, 9.17) is 4.74 Å². The number of Topliss-reactive ketones (excluding diaryl/α,β-unsaturated/α-hetero) is 1. The van der Waals surface area contributed by atoms with Crippen LogP contribution in [0.1, 0.15) is 61.6 Å². The van der Waals surface area contributed by atoms with Crippen LogP contribution in [0.4, 0.5) is 5.69 Å². The second-order valence-electron chi connectivity index (χ2n) is 7.60. The van der Waals surface area contributed by atoms with Crippen LogP contribution in [0.25, 0.3) is 0 Å². The minimum atomic E-state index is -0.629. The van der Waals surface area contributed by atoms with Gasteiger partial charge in [0.05, 0.1) is 12.2 Å². The number of amides is 1. The van der Waals surface area contributed by atoms with Crippen molar-refractivity contribution >= 4 is 23.3 Å². The van der Waals surface area contributed by atoms with Crippen molar-refractivity contribution in [3.05, 3.63) is 99.0 Å². The molecule has 0 saturated heterocycles. The first-order valence-corrected chi connectivity index (χ1v) is 10.4. The number of esters is 1. The lowest BCUT2D eigenvalue weighted by Gasteiger charge is -2.24. The number of benzene rings is 2. The highest BCUT2D eigenvalue weighted by atomic mass is 16.5. The van der Waals surface area contributed by atoms with Crippen LogP contribution in [0.3, 0.4) is 0 Å². The number of ether oxygens (including phenoxy) is 1. The van der Waals surface area contributed by atoms with Crippen LogP contribution in [0.5, 0.6) is 0 Å². The Kier molecular flexibility index (Phi) is 5.98. The fraction of sp³-hybridized carbons (Fsp3) is 0.200. The number of carbonyl (C=O) groups is 3. The maximum atomic E-state index is 12.8. The molecule has 0 fully saturated rings. The van der Waals surface area contributed by atoms with Crippen molar-refractivity contribution in [2.45, 2.75) is 25.7 Å². The van der Waals surface area contributed by atoms with Crippen LogP contribution >= 0.6 is 0 Å². The molecule has 0 aliphatic heterocycles. The Balaban J connectivity index is 1.54. The fourth-order valence-corrected chi connectivity index (χ4v) is 3.86. The van der Waals surface area contributed by atoms with E-state index in [9.17, 15) is 19.2 Å². The molecular weight excluding hydrogens is 408 g/mol. The Labute approximate surface area is 184 Å². The molecule has 4 rings (SSSR count). The molecule has 32 heavy (non-hydrogen) atoms. The van der Waals surface area contributed by atoms with Crippen LogP contribution in [0.2, 0.25) is 0 Å². The maximum Gasteiger partial charge on any atom is 0.338 e. The van der Waals surface area contributed by atoms with Gasteiger partial charge in [0, 0.05) is 23.4 Å². The van der Waals surface area contributed by atoms with Gasteiger partial charge in [-0.3, -0.25) is 14.4 Å². The highest BCUT2D eigenvalue weighted by Crippen LogP contribution is 2.31. The molecule has 2 N–H and O–H groups in total. The molecule has 1 heterocycles. The third-order valence-corrected chi connectivity index (χ3v) is 5.48. The van der Waals surface area contributed by atoms with Gasteiger partial charge in [0.25, 0.3) is 11.5 Å². The molecule has 0 saturated carbocycles. The number of ketones is 1. The summed E-state index contributed by atoms with van der Waals surface area (Å²) in [5.74, 6) is -1.20. The molecule has 3 aromatic rings. The largest absolute Gasteiger partial charge is 0.462 e.